The molecule has 0 unspecified atom stereocenters. The molecule has 2 heterocycles. The Morgan fingerprint density at radius 1 is 0.882 bits per heavy atom. The van der Waals surface area contributed by atoms with Crippen LogP contribution in [0.15, 0.2) is 77.3 Å². The van der Waals surface area contributed by atoms with Gasteiger partial charge in [-0.3, -0.25) is 0 Å². The van der Waals surface area contributed by atoms with E-state index in [4.69, 9.17) is 4.74 Å². The van der Waals surface area contributed by atoms with E-state index < -0.39 is 0 Å². The summed E-state index contributed by atoms with van der Waals surface area (Å²) in [6.45, 7) is 6.29. The third-order valence-electron chi connectivity index (χ3n) is 6.98. The molecule has 3 aromatic carbocycles. The van der Waals surface area contributed by atoms with Gasteiger partial charge in [-0.25, -0.2) is 0 Å². The lowest BCUT2D eigenvalue weighted by Gasteiger charge is -2.20. The summed E-state index contributed by atoms with van der Waals surface area (Å²) in [5, 5.41) is 3.74. The van der Waals surface area contributed by atoms with E-state index in [1.54, 1.807) is 0 Å². The number of anilines is 2. The Balaban J connectivity index is 1.11. The fourth-order valence-corrected chi connectivity index (χ4v) is 5.39. The number of likely N-dealkylation sites (tertiary alicyclic amines) is 1. The zero-order chi connectivity index (χ0) is 23.2. The van der Waals surface area contributed by atoms with Crippen LogP contribution >= 0.6 is 15.9 Å². The Labute approximate surface area is 212 Å². The second-order valence-electron chi connectivity index (χ2n) is 9.42. The van der Waals surface area contributed by atoms with Gasteiger partial charge in [0.1, 0.15) is 12.4 Å². The van der Waals surface area contributed by atoms with Crippen LogP contribution in [-0.4, -0.2) is 43.7 Å². The van der Waals surface area contributed by atoms with Crippen molar-refractivity contribution in [1.29, 1.82) is 0 Å². The van der Waals surface area contributed by atoms with Crippen LogP contribution < -0.4 is 15.0 Å². The van der Waals surface area contributed by atoms with E-state index in [0.717, 1.165) is 53.9 Å². The quantitative estimate of drug-likeness (QED) is 0.356. The smallest absolute Gasteiger partial charge is 0.142 e. The van der Waals surface area contributed by atoms with Crippen LogP contribution in [0.4, 0.5) is 11.4 Å². The average Bonchev–Trinajstić information content (AvgIpc) is 3.56. The van der Waals surface area contributed by atoms with E-state index in [1.165, 1.54) is 37.2 Å². The number of para-hydroxylation sites is 2. The molecule has 0 bridgehead atoms. The van der Waals surface area contributed by atoms with E-state index >= 15 is 0 Å². The van der Waals surface area contributed by atoms with Gasteiger partial charge in [0.2, 0.25) is 0 Å². The monoisotopic (exact) mass is 519 g/mol. The molecule has 0 amide bonds. The zero-order valence-corrected chi connectivity index (χ0v) is 21.3. The zero-order valence-electron chi connectivity index (χ0n) is 19.8. The molecule has 1 atom stereocenters. The Morgan fingerprint density at radius 3 is 2.47 bits per heavy atom. The third kappa shape index (κ3) is 5.94. The van der Waals surface area contributed by atoms with Crippen molar-refractivity contribution < 1.29 is 4.74 Å². The molecule has 2 aliphatic heterocycles. The van der Waals surface area contributed by atoms with E-state index in [0.29, 0.717) is 12.6 Å². The highest BCUT2D eigenvalue weighted by atomic mass is 79.9. The molecule has 2 aliphatic rings. The summed E-state index contributed by atoms with van der Waals surface area (Å²) in [6, 6.07) is 26.2. The SMILES string of the molecule is Brc1ccccc1COc1ccccc1N[C@@H]1CCN(CCc2ccc(N3CCCC3)cc2)C1. The van der Waals surface area contributed by atoms with Gasteiger partial charge < -0.3 is 19.9 Å². The molecular formula is C29H34BrN3O. The molecule has 0 spiro atoms. The highest BCUT2D eigenvalue weighted by Crippen LogP contribution is 2.28. The maximum absolute atomic E-state index is 6.18. The summed E-state index contributed by atoms with van der Waals surface area (Å²) in [7, 11) is 0. The van der Waals surface area contributed by atoms with E-state index in [-0.39, 0.29) is 0 Å². The number of nitrogens with zero attached hydrogens (tertiary/aromatic N) is 2. The fourth-order valence-electron chi connectivity index (χ4n) is 4.99. The van der Waals surface area contributed by atoms with Gasteiger partial charge in [0.05, 0.1) is 5.69 Å². The van der Waals surface area contributed by atoms with E-state index in [9.17, 15) is 0 Å². The minimum absolute atomic E-state index is 0.450. The van der Waals surface area contributed by atoms with Crippen molar-refractivity contribution in [2.24, 2.45) is 0 Å². The normalized spacial score (nSPS) is 18.4. The van der Waals surface area contributed by atoms with Gasteiger partial charge in [0.25, 0.3) is 0 Å². The summed E-state index contributed by atoms with van der Waals surface area (Å²) in [5.41, 5.74) is 5.05. The standard InChI is InChI=1S/C29H34BrN3O/c30-27-8-2-1-7-24(27)22-34-29-10-4-3-9-28(29)31-25-16-20-32(21-25)19-15-23-11-13-26(14-12-23)33-17-5-6-18-33/h1-4,7-14,25,31H,5-6,15-22H2/t25-/m1/s1. The molecule has 5 heteroatoms. The summed E-state index contributed by atoms with van der Waals surface area (Å²) in [6.07, 6.45) is 4.92. The summed E-state index contributed by atoms with van der Waals surface area (Å²) < 4.78 is 7.26. The number of nitrogens with one attached hydrogen (secondary N) is 1. The van der Waals surface area contributed by atoms with Crippen molar-refractivity contribution in [2.45, 2.75) is 38.3 Å². The maximum atomic E-state index is 6.18. The third-order valence-corrected chi connectivity index (χ3v) is 7.76. The average molecular weight is 521 g/mol. The van der Waals surface area contributed by atoms with Gasteiger partial charge in [0.15, 0.2) is 0 Å². The second kappa shape index (κ2) is 11.3. The second-order valence-corrected chi connectivity index (χ2v) is 10.3. The minimum Gasteiger partial charge on any atom is -0.487 e. The first kappa shape index (κ1) is 23.3. The van der Waals surface area contributed by atoms with E-state index in [2.05, 4.69) is 85.6 Å². The van der Waals surface area contributed by atoms with Crippen molar-refractivity contribution in [1.82, 2.24) is 4.90 Å². The first-order chi connectivity index (χ1) is 16.7. The minimum atomic E-state index is 0.450. The maximum Gasteiger partial charge on any atom is 0.142 e. The molecule has 4 nitrogen and oxygen atoms in total. The van der Waals surface area contributed by atoms with Crippen molar-refractivity contribution in [2.75, 3.05) is 42.9 Å². The number of hydrogen-bond acceptors (Lipinski definition) is 4. The van der Waals surface area contributed by atoms with Crippen molar-refractivity contribution in [3.05, 3.63) is 88.4 Å². The number of ether oxygens (including phenoxy) is 1. The van der Waals surface area contributed by atoms with Gasteiger partial charge in [-0.15, -0.1) is 0 Å². The number of hydrogen-bond donors (Lipinski definition) is 1. The van der Waals surface area contributed by atoms with Gasteiger partial charge in [-0.1, -0.05) is 58.4 Å². The molecule has 0 aliphatic carbocycles. The summed E-state index contributed by atoms with van der Waals surface area (Å²) >= 11 is 3.61. The van der Waals surface area contributed by atoms with Gasteiger partial charge in [-0.2, -0.15) is 0 Å². The van der Waals surface area contributed by atoms with Gasteiger partial charge in [0, 0.05) is 54.5 Å². The van der Waals surface area contributed by atoms with E-state index in [1.807, 2.05) is 18.2 Å². The molecule has 0 radical (unpaired) electrons. The van der Waals surface area contributed by atoms with Crippen LogP contribution in [0.3, 0.4) is 0 Å². The molecule has 178 valence electrons. The largest absolute Gasteiger partial charge is 0.487 e. The Bertz CT molecular complexity index is 1060. The summed E-state index contributed by atoms with van der Waals surface area (Å²) in [4.78, 5) is 5.08. The van der Waals surface area contributed by atoms with Crippen molar-refractivity contribution >= 4 is 27.3 Å². The first-order valence-electron chi connectivity index (χ1n) is 12.5. The van der Waals surface area contributed by atoms with Gasteiger partial charge in [-0.05, 0) is 61.6 Å². The van der Waals surface area contributed by atoms with Crippen LogP contribution in [0.2, 0.25) is 0 Å². The first-order valence-corrected chi connectivity index (χ1v) is 13.3. The molecule has 2 fully saturated rings. The lowest BCUT2D eigenvalue weighted by atomic mass is 10.1. The van der Waals surface area contributed by atoms with Crippen LogP contribution in [0.5, 0.6) is 5.75 Å². The lowest BCUT2D eigenvalue weighted by Crippen LogP contribution is -2.28. The molecule has 0 aromatic heterocycles. The fraction of sp³-hybridized carbons (Fsp3) is 0.379. The van der Waals surface area contributed by atoms with Crippen LogP contribution in [0, 0.1) is 0 Å². The molecule has 0 saturated carbocycles. The predicted molar refractivity (Wildman–Crippen MR) is 145 cm³/mol. The summed E-state index contributed by atoms with van der Waals surface area (Å²) in [5.74, 6) is 0.912. The Morgan fingerprint density at radius 2 is 1.65 bits per heavy atom. The van der Waals surface area contributed by atoms with Gasteiger partial charge >= 0.3 is 0 Å². The highest BCUT2D eigenvalue weighted by molar-refractivity contribution is 9.10. The molecule has 2 saturated heterocycles. The van der Waals surface area contributed by atoms with Crippen molar-refractivity contribution in [3.8, 4) is 5.75 Å². The topological polar surface area (TPSA) is 27.7 Å². The van der Waals surface area contributed by atoms with Crippen LogP contribution in [0.1, 0.15) is 30.4 Å². The number of benzene rings is 3. The highest BCUT2D eigenvalue weighted by Gasteiger charge is 2.23. The predicted octanol–water partition coefficient (Wildman–Crippen LogP) is 6.36. The molecule has 34 heavy (non-hydrogen) atoms. The Hall–Kier alpha value is -2.50. The molecule has 5 rings (SSSR count). The van der Waals surface area contributed by atoms with Crippen LogP contribution in [-0.2, 0) is 13.0 Å². The van der Waals surface area contributed by atoms with Crippen LogP contribution in [0.25, 0.3) is 0 Å². The Kier molecular flexibility index (Phi) is 7.72. The number of halogens is 1. The molecule has 1 N–H and O–H groups in total. The van der Waals surface area contributed by atoms with Crippen molar-refractivity contribution in [3.63, 3.8) is 0 Å². The molecule has 3 aromatic rings. The lowest BCUT2D eigenvalue weighted by molar-refractivity contribution is 0.306. The molecular weight excluding hydrogens is 486 g/mol. The number of rotatable bonds is 9.